The van der Waals surface area contributed by atoms with Crippen molar-refractivity contribution >= 4 is 5.97 Å². The summed E-state index contributed by atoms with van der Waals surface area (Å²) in [7, 11) is 0. The van der Waals surface area contributed by atoms with E-state index in [0.717, 1.165) is 19.3 Å². The summed E-state index contributed by atoms with van der Waals surface area (Å²) >= 11 is 0. The van der Waals surface area contributed by atoms with Gasteiger partial charge in [0.2, 0.25) is 0 Å². The second kappa shape index (κ2) is 8.27. The maximum Gasteiger partial charge on any atom is 0.333 e. The molecular formula is C13H22O2. The molecule has 0 fully saturated rings. The Labute approximate surface area is 93.0 Å². The second-order valence-corrected chi connectivity index (χ2v) is 3.82. The molecule has 0 aliphatic rings. The summed E-state index contributed by atoms with van der Waals surface area (Å²) in [5.74, 6) is -0.195. The summed E-state index contributed by atoms with van der Waals surface area (Å²) in [5.41, 5.74) is 2.06. The van der Waals surface area contributed by atoms with Crippen molar-refractivity contribution in [1.82, 2.24) is 0 Å². The lowest BCUT2D eigenvalue weighted by Gasteiger charge is -2.00. The van der Waals surface area contributed by atoms with Crippen molar-refractivity contribution in [3.05, 3.63) is 23.3 Å². The first kappa shape index (κ1) is 13.9. The molecule has 0 saturated carbocycles. The van der Waals surface area contributed by atoms with Gasteiger partial charge in [-0.2, -0.15) is 0 Å². The van der Waals surface area contributed by atoms with Crippen molar-refractivity contribution in [1.29, 1.82) is 0 Å². The highest BCUT2D eigenvalue weighted by molar-refractivity contribution is 5.87. The number of rotatable bonds is 6. The molecule has 0 bridgehead atoms. The fourth-order valence-electron chi connectivity index (χ4n) is 1.16. The number of carbonyl (C=O) groups excluding carboxylic acids is 1. The molecule has 0 radical (unpaired) electrons. The SMILES string of the molecule is CCOC(=O)C(C)=CCCCC=C(C)C. The zero-order valence-corrected chi connectivity index (χ0v) is 10.3. The van der Waals surface area contributed by atoms with E-state index in [9.17, 15) is 4.79 Å². The summed E-state index contributed by atoms with van der Waals surface area (Å²) in [6.07, 6.45) is 7.27. The number of carbonyl (C=O) groups is 1. The molecule has 15 heavy (non-hydrogen) atoms. The minimum absolute atomic E-state index is 0.195. The average molecular weight is 210 g/mol. The lowest BCUT2D eigenvalue weighted by molar-refractivity contribution is -0.138. The normalized spacial score (nSPS) is 11.1. The Bertz CT molecular complexity index is 245. The zero-order chi connectivity index (χ0) is 11.7. The second-order valence-electron chi connectivity index (χ2n) is 3.82. The molecule has 2 heteroatoms. The molecular weight excluding hydrogens is 188 g/mol. The van der Waals surface area contributed by atoms with Crippen LogP contribution < -0.4 is 0 Å². The Morgan fingerprint density at radius 1 is 1.13 bits per heavy atom. The van der Waals surface area contributed by atoms with E-state index in [1.165, 1.54) is 5.57 Å². The number of allylic oxidation sites excluding steroid dienone is 3. The van der Waals surface area contributed by atoms with E-state index < -0.39 is 0 Å². The molecule has 0 atom stereocenters. The van der Waals surface area contributed by atoms with E-state index in [4.69, 9.17) is 4.74 Å². The van der Waals surface area contributed by atoms with Crippen molar-refractivity contribution in [3.8, 4) is 0 Å². The molecule has 0 rings (SSSR count). The van der Waals surface area contributed by atoms with E-state index >= 15 is 0 Å². The number of unbranched alkanes of at least 4 members (excludes halogenated alkanes) is 2. The van der Waals surface area contributed by atoms with E-state index in [1.54, 1.807) is 6.92 Å². The van der Waals surface area contributed by atoms with E-state index in [0.29, 0.717) is 12.2 Å². The molecule has 0 amide bonds. The highest BCUT2D eigenvalue weighted by Crippen LogP contribution is 2.05. The van der Waals surface area contributed by atoms with Crippen LogP contribution in [0.5, 0.6) is 0 Å². The average Bonchev–Trinajstić information content (AvgIpc) is 2.16. The molecule has 0 aliphatic carbocycles. The van der Waals surface area contributed by atoms with Gasteiger partial charge in [-0.15, -0.1) is 0 Å². The highest BCUT2D eigenvalue weighted by atomic mass is 16.5. The molecule has 0 aromatic carbocycles. The molecule has 0 saturated heterocycles. The third-order valence-electron chi connectivity index (χ3n) is 2.01. The van der Waals surface area contributed by atoms with E-state index in [-0.39, 0.29) is 5.97 Å². The van der Waals surface area contributed by atoms with Crippen LogP contribution in [-0.4, -0.2) is 12.6 Å². The molecule has 0 spiro atoms. The van der Waals surface area contributed by atoms with Crippen LogP contribution in [0.15, 0.2) is 23.3 Å². The van der Waals surface area contributed by atoms with Crippen molar-refractivity contribution in [2.24, 2.45) is 0 Å². The van der Waals surface area contributed by atoms with Gasteiger partial charge >= 0.3 is 5.97 Å². The molecule has 0 aliphatic heterocycles. The highest BCUT2D eigenvalue weighted by Gasteiger charge is 2.02. The van der Waals surface area contributed by atoms with E-state index in [2.05, 4.69) is 19.9 Å². The Morgan fingerprint density at radius 3 is 2.27 bits per heavy atom. The van der Waals surface area contributed by atoms with Crippen LogP contribution in [0.2, 0.25) is 0 Å². The van der Waals surface area contributed by atoms with Gasteiger partial charge in [0.1, 0.15) is 0 Å². The predicted molar refractivity (Wildman–Crippen MR) is 63.7 cm³/mol. The topological polar surface area (TPSA) is 26.3 Å². The molecule has 0 N–H and O–H groups in total. The predicted octanol–water partition coefficient (Wildman–Crippen LogP) is 3.63. The molecule has 0 unspecified atom stereocenters. The van der Waals surface area contributed by atoms with Crippen molar-refractivity contribution in [2.45, 2.75) is 47.0 Å². The standard InChI is InChI=1S/C13H22O2/c1-5-15-13(14)12(4)10-8-6-7-9-11(2)3/h9-10H,5-8H2,1-4H3. The monoisotopic (exact) mass is 210 g/mol. The Hall–Kier alpha value is -1.05. The molecule has 0 aromatic rings. The van der Waals surface area contributed by atoms with Gasteiger partial charge in [0.25, 0.3) is 0 Å². The number of esters is 1. The van der Waals surface area contributed by atoms with Gasteiger partial charge < -0.3 is 4.74 Å². The smallest absolute Gasteiger partial charge is 0.333 e. The lowest BCUT2D eigenvalue weighted by Crippen LogP contribution is -2.04. The summed E-state index contributed by atoms with van der Waals surface area (Å²) in [6.45, 7) is 8.26. The lowest BCUT2D eigenvalue weighted by atomic mass is 10.1. The number of hydrogen-bond acceptors (Lipinski definition) is 2. The van der Waals surface area contributed by atoms with Crippen molar-refractivity contribution in [2.75, 3.05) is 6.61 Å². The summed E-state index contributed by atoms with van der Waals surface area (Å²) in [4.78, 5) is 11.2. The van der Waals surface area contributed by atoms with Crippen LogP contribution in [0.4, 0.5) is 0 Å². The summed E-state index contributed by atoms with van der Waals surface area (Å²) in [6, 6.07) is 0. The fraction of sp³-hybridized carbons (Fsp3) is 0.615. The first-order valence-electron chi connectivity index (χ1n) is 5.55. The quantitative estimate of drug-likeness (QED) is 0.289. The minimum Gasteiger partial charge on any atom is -0.463 e. The van der Waals surface area contributed by atoms with Gasteiger partial charge in [-0.3, -0.25) is 0 Å². The van der Waals surface area contributed by atoms with Crippen LogP contribution in [0.25, 0.3) is 0 Å². The zero-order valence-electron chi connectivity index (χ0n) is 10.3. The third-order valence-corrected chi connectivity index (χ3v) is 2.01. The number of ether oxygens (including phenoxy) is 1. The number of hydrogen-bond donors (Lipinski definition) is 0. The van der Waals surface area contributed by atoms with Crippen LogP contribution in [0.1, 0.15) is 47.0 Å². The Balaban J connectivity index is 3.76. The summed E-state index contributed by atoms with van der Waals surface area (Å²) in [5, 5.41) is 0. The van der Waals surface area contributed by atoms with Crippen molar-refractivity contribution < 1.29 is 9.53 Å². The maximum atomic E-state index is 11.2. The minimum atomic E-state index is -0.195. The van der Waals surface area contributed by atoms with Gasteiger partial charge in [0.05, 0.1) is 6.61 Å². The van der Waals surface area contributed by atoms with Gasteiger partial charge in [0.15, 0.2) is 0 Å². The largest absolute Gasteiger partial charge is 0.463 e. The van der Waals surface area contributed by atoms with Crippen LogP contribution in [0.3, 0.4) is 0 Å². The molecule has 0 heterocycles. The fourth-order valence-corrected chi connectivity index (χ4v) is 1.16. The van der Waals surface area contributed by atoms with Crippen LogP contribution >= 0.6 is 0 Å². The molecule has 0 aromatic heterocycles. The Morgan fingerprint density at radius 2 is 1.73 bits per heavy atom. The van der Waals surface area contributed by atoms with Crippen molar-refractivity contribution in [3.63, 3.8) is 0 Å². The van der Waals surface area contributed by atoms with E-state index in [1.807, 2.05) is 13.0 Å². The van der Waals surface area contributed by atoms with Gasteiger partial charge in [-0.05, 0) is 47.0 Å². The summed E-state index contributed by atoms with van der Waals surface area (Å²) < 4.78 is 4.88. The third kappa shape index (κ3) is 7.98. The maximum absolute atomic E-state index is 11.2. The van der Waals surface area contributed by atoms with Crippen LogP contribution in [0, 0.1) is 0 Å². The molecule has 2 nitrogen and oxygen atoms in total. The van der Waals surface area contributed by atoms with Gasteiger partial charge in [-0.1, -0.05) is 17.7 Å². The Kier molecular flexibility index (Phi) is 7.69. The first-order chi connectivity index (χ1) is 7.07. The molecule has 86 valence electrons. The van der Waals surface area contributed by atoms with Gasteiger partial charge in [0, 0.05) is 5.57 Å². The van der Waals surface area contributed by atoms with Crippen LogP contribution in [-0.2, 0) is 9.53 Å². The van der Waals surface area contributed by atoms with Gasteiger partial charge in [-0.25, -0.2) is 4.79 Å². The first-order valence-corrected chi connectivity index (χ1v) is 5.55.